The van der Waals surface area contributed by atoms with Crippen LogP contribution in [0.1, 0.15) is 0 Å². The second-order valence-electron chi connectivity index (χ2n) is 2.03. The van der Waals surface area contributed by atoms with Crippen LogP contribution in [0.5, 0.6) is 0 Å². The number of rotatable bonds is 3. The predicted molar refractivity (Wildman–Crippen MR) is 47.3 cm³/mol. The van der Waals surface area contributed by atoms with Gasteiger partial charge in [0.15, 0.2) is 0 Å². The lowest BCUT2D eigenvalue weighted by atomic mass is 10.4. The third-order valence-corrected chi connectivity index (χ3v) is 1.23. The van der Waals surface area contributed by atoms with Crippen LogP contribution in [0.3, 0.4) is 0 Å². The number of hydrogen-bond acceptors (Lipinski definition) is 3. The van der Waals surface area contributed by atoms with Gasteiger partial charge < -0.3 is 0 Å². The maximum absolute atomic E-state index is 5.50. The summed E-state index contributed by atoms with van der Waals surface area (Å²) in [5.74, 6) is 0. The SMILES string of the molecule is C=C(Cl)/C=C\C(=C)n1cnnn1. The van der Waals surface area contributed by atoms with Crippen LogP contribution >= 0.6 is 11.6 Å². The number of allylic oxidation sites excluding steroid dienone is 4. The van der Waals surface area contributed by atoms with Gasteiger partial charge in [0.1, 0.15) is 6.33 Å². The zero-order chi connectivity index (χ0) is 8.97. The van der Waals surface area contributed by atoms with Crippen molar-refractivity contribution in [1.29, 1.82) is 0 Å². The van der Waals surface area contributed by atoms with Crippen LogP contribution in [0, 0.1) is 0 Å². The second-order valence-corrected chi connectivity index (χ2v) is 2.51. The van der Waals surface area contributed by atoms with Gasteiger partial charge in [-0.3, -0.25) is 0 Å². The maximum Gasteiger partial charge on any atom is 0.143 e. The number of tetrazole rings is 1. The Bertz CT molecular complexity index is 312. The van der Waals surface area contributed by atoms with Crippen molar-refractivity contribution >= 4 is 17.3 Å². The van der Waals surface area contributed by atoms with Gasteiger partial charge in [-0.05, 0) is 22.6 Å². The molecule has 0 aliphatic carbocycles. The molecule has 0 bridgehead atoms. The highest BCUT2D eigenvalue weighted by Crippen LogP contribution is 2.04. The molecule has 0 N–H and O–H groups in total. The van der Waals surface area contributed by atoms with Gasteiger partial charge >= 0.3 is 0 Å². The summed E-state index contributed by atoms with van der Waals surface area (Å²) < 4.78 is 1.43. The molecule has 0 unspecified atom stereocenters. The first-order valence-corrected chi connectivity index (χ1v) is 3.52. The summed E-state index contributed by atoms with van der Waals surface area (Å²) in [6.07, 6.45) is 4.74. The van der Waals surface area contributed by atoms with E-state index >= 15 is 0 Å². The minimum atomic E-state index is 0.434. The average molecular weight is 183 g/mol. The molecular formula is C7H7ClN4. The molecule has 5 heteroatoms. The second kappa shape index (κ2) is 3.82. The number of aromatic nitrogens is 4. The lowest BCUT2D eigenvalue weighted by Crippen LogP contribution is -1.93. The zero-order valence-corrected chi connectivity index (χ0v) is 7.07. The van der Waals surface area contributed by atoms with Gasteiger partial charge in [-0.25, -0.2) is 4.68 Å². The van der Waals surface area contributed by atoms with E-state index in [-0.39, 0.29) is 0 Å². The molecule has 0 fully saturated rings. The summed E-state index contributed by atoms with van der Waals surface area (Å²) in [6.45, 7) is 7.19. The third kappa shape index (κ3) is 2.32. The molecule has 0 saturated heterocycles. The Morgan fingerprint density at radius 3 is 2.67 bits per heavy atom. The summed E-state index contributed by atoms with van der Waals surface area (Å²) in [4.78, 5) is 0. The van der Waals surface area contributed by atoms with Crippen LogP contribution in [0.15, 0.2) is 36.7 Å². The summed E-state index contributed by atoms with van der Waals surface area (Å²) >= 11 is 5.50. The first-order valence-electron chi connectivity index (χ1n) is 3.15. The lowest BCUT2D eigenvalue weighted by molar-refractivity contribution is 0.807. The van der Waals surface area contributed by atoms with E-state index in [1.165, 1.54) is 11.0 Å². The van der Waals surface area contributed by atoms with Gasteiger partial charge in [-0.1, -0.05) is 24.8 Å². The zero-order valence-electron chi connectivity index (χ0n) is 6.31. The molecule has 0 saturated carbocycles. The molecule has 1 aromatic rings. The molecule has 4 nitrogen and oxygen atoms in total. The van der Waals surface area contributed by atoms with Gasteiger partial charge in [0.05, 0.1) is 5.70 Å². The van der Waals surface area contributed by atoms with Gasteiger partial charge in [0.2, 0.25) is 0 Å². The van der Waals surface area contributed by atoms with Gasteiger partial charge in [0, 0.05) is 5.03 Å². The van der Waals surface area contributed by atoms with Gasteiger partial charge in [0.25, 0.3) is 0 Å². The molecule has 1 aromatic heterocycles. The van der Waals surface area contributed by atoms with Gasteiger partial charge in [-0.2, -0.15) is 0 Å². The molecule has 1 heterocycles. The fourth-order valence-corrected chi connectivity index (χ4v) is 0.619. The maximum atomic E-state index is 5.50. The number of halogens is 1. The molecule has 0 spiro atoms. The van der Waals surface area contributed by atoms with E-state index in [1.54, 1.807) is 12.2 Å². The van der Waals surface area contributed by atoms with E-state index in [0.717, 1.165) is 0 Å². The lowest BCUT2D eigenvalue weighted by Gasteiger charge is -1.94. The minimum Gasteiger partial charge on any atom is -0.201 e. The van der Waals surface area contributed by atoms with Crippen molar-refractivity contribution in [3.8, 4) is 0 Å². The molecule has 0 aliphatic rings. The summed E-state index contributed by atoms with van der Waals surface area (Å²) in [5, 5.41) is 11.0. The monoisotopic (exact) mass is 182 g/mol. The van der Waals surface area contributed by atoms with E-state index < -0.39 is 0 Å². The molecular weight excluding hydrogens is 176 g/mol. The van der Waals surface area contributed by atoms with E-state index in [0.29, 0.717) is 10.7 Å². The molecule has 0 amide bonds. The van der Waals surface area contributed by atoms with Crippen molar-refractivity contribution in [2.45, 2.75) is 0 Å². The Kier molecular flexibility index (Phi) is 2.76. The molecule has 1 rings (SSSR count). The van der Waals surface area contributed by atoms with Gasteiger partial charge in [-0.15, -0.1) is 5.10 Å². The summed E-state index contributed by atoms with van der Waals surface area (Å²) in [7, 11) is 0. The van der Waals surface area contributed by atoms with Crippen molar-refractivity contribution in [2.75, 3.05) is 0 Å². The fraction of sp³-hybridized carbons (Fsp3) is 0. The van der Waals surface area contributed by atoms with Crippen LogP contribution < -0.4 is 0 Å². The van der Waals surface area contributed by atoms with Crippen molar-refractivity contribution < 1.29 is 0 Å². The van der Waals surface area contributed by atoms with Crippen molar-refractivity contribution in [1.82, 2.24) is 20.2 Å². The molecule has 62 valence electrons. The summed E-state index contributed by atoms with van der Waals surface area (Å²) in [6, 6.07) is 0. The van der Waals surface area contributed by atoms with Crippen LogP contribution in [0.25, 0.3) is 5.70 Å². The normalized spacial score (nSPS) is 10.4. The highest BCUT2D eigenvalue weighted by atomic mass is 35.5. The first-order chi connectivity index (χ1) is 5.70. The van der Waals surface area contributed by atoms with E-state index in [9.17, 15) is 0 Å². The van der Waals surface area contributed by atoms with Crippen LogP contribution in [0.2, 0.25) is 0 Å². The Labute approximate surface area is 74.8 Å². The van der Waals surface area contributed by atoms with Crippen molar-refractivity contribution in [3.63, 3.8) is 0 Å². The van der Waals surface area contributed by atoms with E-state index in [4.69, 9.17) is 11.6 Å². The number of hydrogen-bond donors (Lipinski definition) is 0. The summed E-state index contributed by atoms with van der Waals surface area (Å²) in [5.41, 5.74) is 0.627. The van der Waals surface area contributed by atoms with Crippen LogP contribution in [-0.2, 0) is 0 Å². The third-order valence-electron chi connectivity index (χ3n) is 1.10. The van der Waals surface area contributed by atoms with Crippen LogP contribution in [-0.4, -0.2) is 20.2 Å². The average Bonchev–Trinajstić information content (AvgIpc) is 2.51. The molecule has 0 atom stereocenters. The predicted octanol–water partition coefficient (Wildman–Crippen LogP) is 1.45. The quantitative estimate of drug-likeness (QED) is 0.665. The Morgan fingerprint density at radius 1 is 1.42 bits per heavy atom. The van der Waals surface area contributed by atoms with Crippen molar-refractivity contribution in [2.24, 2.45) is 0 Å². The standard InChI is InChI=1S/C7H7ClN4/c1-6(8)3-4-7(2)12-5-9-10-11-12/h3-5H,1-2H2/b4-3-. The highest BCUT2D eigenvalue weighted by Gasteiger charge is 1.92. The largest absolute Gasteiger partial charge is 0.201 e. The topological polar surface area (TPSA) is 43.6 Å². The van der Waals surface area contributed by atoms with Crippen molar-refractivity contribution in [3.05, 3.63) is 36.7 Å². The highest BCUT2D eigenvalue weighted by molar-refractivity contribution is 6.30. The van der Waals surface area contributed by atoms with E-state index in [2.05, 4.69) is 28.7 Å². The molecule has 0 radical (unpaired) electrons. The molecule has 12 heavy (non-hydrogen) atoms. The number of nitrogens with zero attached hydrogens (tertiary/aromatic N) is 4. The van der Waals surface area contributed by atoms with Crippen LogP contribution in [0.4, 0.5) is 0 Å². The first kappa shape index (κ1) is 8.67. The minimum absolute atomic E-state index is 0.434. The Morgan fingerprint density at radius 2 is 2.17 bits per heavy atom. The Hall–Kier alpha value is -1.42. The smallest absolute Gasteiger partial charge is 0.143 e. The van der Waals surface area contributed by atoms with E-state index in [1.807, 2.05) is 0 Å². The molecule has 0 aromatic carbocycles. The molecule has 0 aliphatic heterocycles. The Balaban J connectivity index is 2.68. The fourth-order valence-electron chi connectivity index (χ4n) is 0.556.